The molecule has 3 rings (SSSR count). The van der Waals surface area contributed by atoms with Crippen LogP contribution in [0.1, 0.15) is 30.0 Å². The number of ether oxygens (including phenoxy) is 1. The third kappa shape index (κ3) is 4.17. The molecule has 2 aromatic carbocycles. The number of aryl methyl sites for hydroxylation is 1. The van der Waals surface area contributed by atoms with Crippen molar-refractivity contribution in [3.8, 4) is 17.2 Å². The molecule has 1 heterocycles. The van der Waals surface area contributed by atoms with Gasteiger partial charge in [0.15, 0.2) is 0 Å². The molecule has 0 saturated carbocycles. The van der Waals surface area contributed by atoms with Crippen molar-refractivity contribution in [1.82, 2.24) is 9.88 Å². The first-order valence-corrected chi connectivity index (χ1v) is 8.65. The van der Waals surface area contributed by atoms with Gasteiger partial charge in [-0.05, 0) is 50.7 Å². The highest BCUT2D eigenvalue weighted by atomic mass is 19.1. The third-order valence-electron chi connectivity index (χ3n) is 4.69. The number of benzene rings is 2. The summed E-state index contributed by atoms with van der Waals surface area (Å²) >= 11 is 0. The second kappa shape index (κ2) is 7.88. The number of hydrogen-bond donors (Lipinski definition) is 0. The largest absolute Gasteiger partial charge is 0.497 e. The number of rotatable bonds is 6. The molecule has 0 aliphatic carbocycles. The quantitative estimate of drug-likeness (QED) is 0.601. The van der Waals surface area contributed by atoms with Crippen molar-refractivity contribution in [2.45, 2.75) is 26.4 Å². The molecule has 4 nitrogen and oxygen atoms in total. The lowest BCUT2D eigenvalue weighted by atomic mass is 10.1. The summed E-state index contributed by atoms with van der Waals surface area (Å²) in [6.07, 6.45) is 0. The van der Waals surface area contributed by atoms with Crippen molar-refractivity contribution >= 4 is 0 Å². The Morgan fingerprint density at radius 2 is 1.96 bits per heavy atom. The van der Waals surface area contributed by atoms with Crippen LogP contribution in [-0.2, 0) is 6.54 Å². The highest BCUT2D eigenvalue weighted by Gasteiger charge is 2.19. The van der Waals surface area contributed by atoms with E-state index in [0.29, 0.717) is 18.0 Å². The molecule has 0 amide bonds. The summed E-state index contributed by atoms with van der Waals surface area (Å²) in [6.45, 7) is 4.40. The van der Waals surface area contributed by atoms with E-state index in [1.54, 1.807) is 14.0 Å². The van der Waals surface area contributed by atoms with Gasteiger partial charge in [0.05, 0.1) is 18.4 Å². The minimum absolute atomic E-state index is 0.113. The summed E-state index contributed by atoms with van der Waals surface area (Å²) in [7, 11) is 3.62. The Morgan fingerprint density at radius 1 is 1.19 bits per heavy atom. The highest BCUT2D eigenvalue weighted by molar-refractivity contribution is 5.54. The van der Waals surface area contributed by atoms with E-state index in [2.05, 4.69) is 16.8 Å². The van der Waals surface area contributed by atoms with Gasteiger partial charge in [0, 0.05) is 18.7 Å². The lowest BCUT2D eigenvalue weighted by Gasteiger charge is -2.24. The van der Waals surface area contributed by atoms with E-state index >= 15 is 0 Å². The Hall–Kier alpha value is -2.73. The summed E-state index contributed by atoms with van der Waals surface area (Å²) in [6, 6.07) is 11.4. The molecule has 1 aromatic heterocycles. The first kappa shape index (κ1) is 19.0. The molecule has 27 heavy (non-hydrogen) atoms. The van der Waals surface area contributed by atoms with Crippen molar-refractivity contribution in [1.29, 1.82) is 0 Å². The Morgan fingerprint density at radius 3 is 2.67 bits per heavy atom. The van der Waals surface area contributed by atoms with Crippen LogP contribution in [0.4, 0.5) is 8.78 Å². The smallest absolute Gasteiger partial charge is 0.229 e. The van der Waals surface area contributed by atoms with E-state index in [1.807, 2.05) is 31.3 Å². The predicted octanol–water partition coefficient (Wildman–Crippen LogP) is 5.13. The van der Waals surface area contributed by atoms with E-state index in [1.165, 1.54) is 12.1 Å². The van der Waals surface area contributed by atoms with Crippen LogP contribution < -0.4 is 4.74 Å². The topological polar surface area (TPSA) is 38.5 Å². The maximum absolute atomic E-state index is 14.0. The van der Waals surface area contributed by atoms with Gasteiger partial charge in [0.2, 0.25) is 5.89 Å². The van der Waals surface area contributed by atoms with Gasteiger partial charge >= 0.3 is 0 Å². The molecule has 0 radical (unpaired) electrons. The highest BCUT2D eigenvalue weighted by Crippen LogP contribution is 2.28. The van der Waals surface area contributed by atoms with Crippen molar-refractivity contribution in [2.75, 3.05) is 14.2 Å². The van der Waals surface area contributed by atoms with Gasteiger partial charge in [0.25, 0.3) is 0 Å². The molecule has 142 valence electrons. The van der Waals surface area contributed by atoms with Gasteiger partial charge in [-0.25, -0.2) is 13.8 Å². The van der Waals surface area contributed by atoms with Crippen LogP contribution in [0.15, 0.2) is 46.9 Å². The van der Waals surface area contributed by atoms with Crippen molar-refractivity contribution in [3.63, 3.8) is 0 Å². The summed E-state index contributed by atoms with van der Waals surface area (Å²) in [5, 5.41) is 0. The first-order valence-electron chi connectivity index (χ1n) is 8.65. The molecular weight excluding hydrogens is 350 g/mol. The Labute approximate surface area is 157 Å². The minimum atomic E-state index is -0.694. The predicted molar refractivity (Wildman–Crippen MR) is 99.5 cm³/mol. The Kier molecular flexibility index (Phi) is 5.56. The first-order chi connectivity index (χ1) is 12.9. The molecule has 0 spiro atoms. The standard InChI is InChI=1S/C21H22F2N2O2/c1-13(15-6-5-7-17(10-15)26-4)25(3)12-20-14(2)27-21(24-20)18-9-8-16(22)11-19(18)23/h5-11,13H,12H2,1-4H3/t13-/m0/s1. The zero-order valence-corrected chi connectivity index (χ0v) is 15.8. The van der Waals surface area contributed by atoms with Crippen molar-refractivity contribution in [2.24, 2.45) is 0 Å². The molecule has 0 saturated heterocycles. The van der Waals surface area contributed by atoms with Gasteiger partial charge in [-0.3, -0.25) is 4.90 Å². The number of hydrogen-bond acceptors (Lipinski definition) is 4. The fourth-order valence-corrected chi connectivity index (χ4v) is 2.88. The molecule has 3 aromatic rings. The van der Waals surface area contributed by atoms with Crippen LogP contribution in [0.2, 0.25) is 0 Å². The second-order valence-electron chi connectivity index (χ2n) is 6.51. The molecule has 0 bridgehead atoms. The van der Waals surface area contributed by atoms with Crippen LogP contribution in [0.5, 0.6) is 5.75 Å². The van der Waals surface area contributed by atoms with Crippen LogP contribution in [0.3, 0.4) is 0 Å². The van der Waals surface area contributed by atoms with E-state index in [9.17, 15) is 8.78 Å². The van der Waals surface area contributed by atoms with Gasteiger partial charge in [-0.2, -0.15) is 0 Å². The fraction of sp³-hybridized carbons (Fsp3) is 0.286. The number of methoxy groups -OCH3 is 1. The lowest BCUT2D eigenvalue weighted by molar-refractivity contribution is 0.248. The third-order valence-corrected chi connectivity index (χ3v) is 4.69. The molecule has 0 N–H and O–H groups in total. The molecule has 0 aliphatic heterocycles. The van der Waals surface area contributed by atoms with E-state index in [0.717, 1.165) is 17.4 Å². The second-order valence-corrected chi connectivity index (χ2v) is 6.51. The number of nitrogens with zero attached hydrogens (tertiary/aromatic N) is 2. The zero-order chi connectivity index (χ0) is 19.6. The molecule has 0 aliphatic rings. The lowest BCUT2D eigenvalue weighted by Crippen LogP contribution is -2.22. The summed E-state index contributed by atoms with van der Waals surface area (Å²) < 4.78 is 38.0. The molecular formula is C21H22F2N2O2. The SMILES string of the molecule is COc1cccc([C@H](C)N(C)Cc2nc(-c3ccc(F)cc3F)oc2C)c1. The minimum Gasteiger partial charge on any atom is -0.497 e. The average molecular weight is 372 g/mol. The molecule has 1 atom stereocenters. The molecule has 0 fully saturated rings. The van der Waals surface area contributed by atoms with Gasteiger partial charge in [-0.15, -0.1) is 0 Å². The van der Waals surface area contributed by atoms with Crippen LogP contribution in [0.25, 0.3) is 11.5 Å². The Balaban J connectivity index is 1.80. The molecule has 0 unspecified atom stereocenters. The summed E-state index contributed by atoms with van der Waals surface area (Å²) in [5.41, 5.74) is 1.98. The maximum Gasteiger partial charge on any atom is 0.229 e. The van der Waals surface area contributed by atoms with Gasteiger partial charge in [-0.1, -0.05) is 12.1 Å². The van der Waals surface area contributed by atoms with Gasteiger partial charge < -0.3 is 9.15 Å². The summed E-state index contributed by atoms with van der Waals surface area (Å²) in [5.74, 6) is 0.243. The average Bonchev–Trinajstić information content (AvgIpc) is 3.01. The van der Waals surface area contributed by atoms with E-state index in [-0.39, 0.29) is 17.5 Å². The van der Waals surface area contributed by atoms with Crippen LogP contribution >= 0.6 is 0 Å². The molecule has 6 heteroatoms. The number of oxazole rings is 1. The van der Waals surface area contributed by atoms with Crippen molar-refractivity contribution in [3.05, 3.63) is 71.1 Å². The number of aromatic nitrogens is 1. The normalized spacial score (nSPS) is 12.4. The van der Waals surface area contributed by atoms with E-state index < -0.39 is 11.6 Å². The maximum atomic E-state index is 14.0. The number of halogens is 2. The van der Waals surface area contributed by atoms with E-state index in [4.69, 9.17) is 9.15 Å². The summed E-state index contributed by atoms with van der Waals surface area (Å²) in [4.78, 5) is 6.54. The zero-order valence-electron chi connectivity index (χ0n) is 15.8. The monoisotopic (exact) mass is 372 g/mol. The van der Waals surface area contributed by atoms with Crippen LogP contribution in [0, 0.1) is 18.6 Å². The van der Waals surface area contributed by atoms with Gasteiger partial charge in [0.1, 0.15) is 23.1 Å². The Bertz CT molecular complexity index is 940. The fourth-order valence-electron chi connectivity index (χ4n) is 2.88. The van der Waals surface area contributed by atoms with Crippen LogP contribution in [-0.4, -0.2) is 24.0 Å². The van der Waals surface area contributed by atoms with Crippen molar-refractivity contribution < 1.29 is 17.9 Å².